The van der Waals surface area contributed by atoms with Crippen LogP contribution in [0, 0.1) is 5.92 Å². The minimum atomic E-state index is -1.26. The minimum absolute atomic E-state index is 0.558. The summed E-state index contributed by atoms with van der Waals surface area (Å²) >= 11 is 1.76. The summed E-state index contributed by atoms with van der Waals surface area (Å²) in [6, 6.07) is 6.76. The number of aryl methyl sites for hydroxylation is 1. The molecule has 1 aliphatic heterocycles. The second kappa shape index (κ2) is 12.2. The average molecular weight is 446 g/mol. The highest BCUT2D eigenvalue weighted by Crippen LogP contribution is 2.27. The Bertz CT molecular complexity index is 857. The van der Waals surface area contributed by atoms with Crippen LogP contribution in [0.5, 0.6) is 0 Å². The van der Waals surface area contributed by atoms with E-state index in [2.05, 4.69) is 59.7 Å². The average Bonchev–Trinajstić information content (AvgIpc) is 3.26. The lowest BCUT2D eigenvalue weighted by molar-refractivity contribution is -0.134. The molecule has 0 saturated carbocycles. The summed E-state index contributed by atoms with van der Waals surface area (Å²) in [6.45, 7) is 8.94. The summed E-state index contributed by atoms with van der Waals surface area (Å²) in [5, 5.41) is 20.0. The Morgan fingerprint density at radius 3 is 2.26 bits per heavy atom. The number of likely N-dealkylation sites (N-methyl/N-ethyl adjacent to an activating group) is 1. The number of hydrogen-bond donors (Lipinski definition) is 2. The first-order chi connectivity index (χ1) is 14.7. The van der Waals surface area contributed by atoms with E-state index in [4.69, 9.17) is 15.2 Å². The Morgan fingerprint density at radius 2 is 1.74 bits per heavy atom. The summed E-state index contributed by atoms with van der Waals surface area (Å²) in [5.74, 6) is -0.644. The van der Waals surface area contributed by atoms with E-state index < -0.39 is 11.9 Å². The SMILES string of the molecule is CC(C)CCc1cc(-c2ccsc2)cc(N2CCN(C)CC2)n1.O=C(O)C=CC(=O)O. The van der Waals surface area contributed by atoms with Gasteiger partial charge in [0.05, 0.1) is 0 Å². The van der Waals surface area contributed by atoms with Crippen molar-refractivity contribution in [3.8, 4) is 11.1 Å². The topological polar surface area (TPSA) is 94.0 Å². The number of aliphatic carboxylic acids is 2. The third-order valence-electron chi connectivity index (χ3n) is 4.89. The molecule has 7 nitrogen and oxygen atoms in total. The van der Waals surface area contributed by atoms with E-state index in [0.717, 1.165) is 38.4 Å². The van der Waals surface area contributed by atoms with Crippen molar-refractivity contribution in [2.24, 2.45) is 5.92 Å². The Balaban J connectivity index is 0.000000366. The predicted molar refractivity (Wildman–Crippen MR) is 125 cm³/mol. The van der Waals surface area contributed by atoms with Gasteiger partial charge in [0, 0.05) is 44.0 Å². The molecule has 1 fully saturated rings. The van der Waals surface area contributed by atoms with Gasteiger partial charge in [0.15, 0.2) is 0 Å². The van der Waals surface area contributed by atoms with Gasteiger partial charge < -0.3 is 20.0 Å². The summed E-state index contributed by atoms with van der Waals surface area (Å²) in [5.41, 5.74) is 3.86. The molecule has 0 radical (unpaired) electrons. The van der Waals surface area contributed by atoms with E-state index in [1.807, 2.05) is 0 Å². The van der Waals surface area contributed by atoms with Crippen LogP contribution in [0.1, 0.15) is 26.0 Å². The zero-order chi connectivity index (χ0) is 22.8. The van der Waals surface area contributed by atoms with Crippen molar-refractivity contribution < 1.29 is 19.8 Å². The lowest BCUT2D eigenvalue weighted by Gasteiger charge is -2.33. The van der Waals surface area contributed by atoms with Gasteiger partial charge in [0.25, 0.3) is 0 Å². The highest BCUT2D eigenvalue weighted by molar-refractivity contribution is 7.08. The maximum Gasteiger partial charge on any atom is 0.328 e. The van der Waals surface area contributed by atoms with Crippen molar-refractivity contribution in [2.45, 2.75) is 26.7 Å². The van der Waals surface area contributed by atoms with E-state index in [1.54, 1.807) is 11.3 Å². The predicted octanol–water partition coefficient (Wildman–Crippen LogP) is 3.86. The number of piperazine rings is 1. The van der Waals surface area contributed by atoms with E-state index in [1.165, 1.54) is 23.2 Å². The van der Waals surface area contributed by atoms with Gasteiger partial charge in [-0.2, -0.15) is 11.3 Å². The molecule has 1 saturated heterocycles. The molecule has 8 heteroatoms. The smallest absolute Gasteiger partial charge is 0.328 e. The van der Waals surface area contributed by atoms with Crippen LogP contribution in [-0.4, -0.2) is 65.3 Å². The maximum atomic E-state index is 9.55. The highest BCUT2D eigenvalue weighted by Gasteiger charge is 2.17. The third-order valence-corrected chi connectivity index (χ3v) is 5.58. The van der Waals surface area contributed by atoms with Gasteiger partial charge in [0.1, 0.15) is 5.82 Å². The molecule has 2 N–H and O–H groups in total. The van der Waals surface area contributed by atoms with Crippen LogP contribution in [0.2, 0.25) is 0 Å². The normalized spacial score (nSPS) is 14.5. The molecule has 0 bridgehead atoms. The van der Waals surface area contributed by atoms with Crippen LogP contribution < -0.4 is 4.90 Å². The fraction of sp³-hybridized carbons (Fsp3) is 0.435. The molecule has 2 aromatic rings. The molecule has 168 valence electrons. The van der Waals surface area contributed by atoms with Crippen molar-refractivity contribution in [2.75, 3.05) is 38.1 Å². The van der Waals surface area contributed by atoms with Gasteiger partial charge in [-0.25, -0.2) is 14.6 Å². The molecule has 0 atom stereocenters. The fourth-order valence-electron chi connectivity index (χ4n) is 3.07. The first kappa shape index (κ1) is 24.6. The van der Waals surface area contributed by atoms with Crippen molar-refractivity contribution in [1.82, 2.24) is 9.88 Å². The van der Waals surface area contributed by atoms with Crippen molar-refractivity contribution >= 4 is 29.1 Å². The first-order valence-electron chi connectivity index (χ1n) is 10.4. The van der Waals surface area contributed by atoms with E-state index in [9.17, 15) is 9.59 Å². The van der Waals surface area contributed by atoms with Gasteiger partial charge >= 0.3 is 11.9 Å². The quantitative estimate of drug-likeness (QED) is 0.625. The molecular weight excluding hydrogens is 414 g/mol. The number of carboxylic acid groups (broad SMARTS) is 2. The van der Waals surface area contributed by atoms with Crippen LogP contribution in [0.3, 0.4) is 0 Å². The highest BCUT2D eigenvalue weighted by atomic mass is 32.1. The van der Waals surface area contributed by atoms with Crippen molar-refractivity contribution in [3.05, 3.63) is 46.8 Å². The van der Waals surface area contributed by atoms with E-state index >= 15 is 0 Å². The largest absolute Gasteiger partial charge is 0.478 e. The molecule has 2 aromatic heterocycles. The second-order valence-corrected chi connectivity index (χ2v) is 8.73. The van der Waals surface area contributed by atoms with Crippen molar-refractivity contribution in [3.63, 3.8) is 0 Å². The molecule has 0 spiro atoms. The number of rotatable bonds is 7. The molecule has 0 amide bonds. The lowest BCUT2D eigenvalue weighted by Crippen LogP contribution is -2.44. The zero-order valence-electron chi connectivity index (χ0n) is 18.3. The Morgan fingerprint density at radius 1 is 1.10 bits per heavy atom. The number of pyridine rings is 1. The fourth-order valence-corrected chi connectivity index (χ4v) is 3.74. The number of aromatic nitrogens is 1. The van der Waals surface area contributed by atoms with Crippen LogP contribution in [0.15, 0.2) is 41.1 Å². The second-order valence-electron chi connectivity index (χ2n) is 7.95. The van der Waals surface area contributed by atoms with Crippen LogP contribution in [-0.2, 0) is 16.0 Å². The number of carboxylic acids is 2. The van der Waals surface area contributed by atoms with E-state index in [-0.39, 0.29) is 0 Å². The Labute approximate surface area is 187 Å². The molecule has 3 rings (SSSR count). The summed E-state index contributed by atoms with van der Waals surface area (Å²) in [4.78, 5) is 28.9. The van der Waals surface area contributed by atoms with Gasteiger partial charge in [-0.05, 0) is 65.9 Å². The van der Waals surface area contributed by atoms with Gasteiger partial charge in [-0.1, -0.05) is 13.8 Å². The van der Waals surface area contributed by atoms with Gasteiger partial charge in [-0.3, -0.25) is 0 Å². The zero-order valence-corrected chi connectivity index (χ0v) is 19.1. The molecule has 1 aliphatic rings. The Kier molecular flexibility index (Phi) is 9.68. The summed E-state index contributed by atoms with van der Waals surface area (Å²) < 4.78 is 0. The number of hydrogen-bond acceptors (Lipinski definition) is 6. The van der Waals surface area contributed by atoms with E-state index in [0.29, 0.717) is 18.1 Å². The summed E-state index contributed by atoms with van der Waals surface area (Å²) in [7, 11) is 2.20. The van der Waals surface area contributed by atoms with Crippen molar-refractivity contribution in [1.29, 1.82) is 0 Å². The lowest BCUT2D eigenvalue weighted by atomic mass is 10.0. The standard InChI is InChI=1S/C19H27N3S.C4H4O4/c1-15(2)4-5-18-12-17(16-6-11-23-14-16)13-19(20-18)22-9-7-21(3)8-10-22;5-3(6)1-2-4(7)8/h6,11-15H,4-5,7-10H2,1-3H3;1-2H,(H,5,6)(H,7,8). The third kappa shape index (κ3) is 8.90. The van der Waals surface area contributed by atoms with Crippen LogP contribution in [0.4, 0.5) is 5.82 Å². The first-order valence-corrected chi connectivity index (χ1v) is 11.3. The number of thiophene rings is 1. The number of carbonyl (C=O) groups is 2. The molecule has 0 aromatic carbocycles. The van der Waals surface area contributed by atoms with Gasteiger partial charge in [-0.15, -0.1) is 0 Å². The van der Waals surface area contributed by atoms with Crippen LogP contribution in [0.25, 0.3) is 11.1 Å². The molecule has 3 heterocycles. The summed E-state index contributed by atoms with van der Waals surface area (Å²) in [6.07, 6.45) is 3.38. The Hall–Kier alpha value is -2.71. The molecule has 31 heavy (non-hydrogen) atoms. The van der Waals surface area contributed by atoms with Crippen LogP contribution >= 0.6 is 11.3 Å². The van der Waals surface area contributed by atoms with Gasteiger partial charge in [0.2, 0.25) is 0 Å². The molecule has 0 aliphatic carbocycles. The monoisotopic (exact) mass is 445 g/mol. The number of nitrogens with zero attached hydrogens (tertiary/aromatic N) is 3. The number of anilines is 1. The maximum absolute atomic E-state index is 9.55. The minimum Gasteiger partial charge on any atom is -0.478 e. The molecule has 0 unspecified atom stereocenters. The molecular formula is C23H31N3O4S.